The van der Waals surface area contributed by atoms with Crippen molar-refractivity contribution in [2.75, 3.05) is 7.05 Å². The number of rotatable bonds is 3. The predicted molar refractivity (Wildman–Crippen MR) is 35.7 cm³/mol. The summed E-state index contributed by atoms with van der Waals surface area (Å²) < 4.78 is 0. The Morgan fingerprint density at radius 2 is 1.90 bits per heavy atom. The van der Waals surface area contributed by atoms with Gasteiger partial charge in [0.15, 0.2) is 0 Å². The fourth-order valence-corrected chi connectivity index (χ4v) is 0.972. The van der Waals surface area contributed by atoms with Gasteiger partial charge in [0.2, 0.25) is 6.41 Å². The molecule has 60 valence electrons. The van der Waals surface area contributed by atoms with Crippen molar-refractivity contribution in [3.63, 3.8) is 0 Å². The van der Waals surface area contributed by atoms with E-state index in [0.29, 0.717) is 6.41 Å². The van der Waals surface area contributed by atoms with Crippen molar-refractivity contribution in [2.45, 2.75) is 12.6 Å². The lowest BCUT2D eigenvalue weighted by atomic mass is 10.7. The van der Waals surface area contributed by atoms with Crippen LogP contribution in [0.25, 0.3) is 0 Å². The van der Waals surface area contributed by atoms with Gasteiger partial charge in [0.05, 0.1) is 5.67 Å². The second-order valence-corrected chi connectivity index (χ2v) is 4.34. The van der Waals surface area contributed by atoms with Crippen LogP contribution in [0.4, 0.5) is 0 Å². The average Bonchev–Trinajstić information content (AvgIpc) is 1.83. The van der Waals surface area contributed by atoms with Crippen molar-refractivity contribution >= 4 is 15.2 Å². The molecule has 5 nitrogen and oxygen atoms in total. The van der Waals surface area contributed by atoms with Gasteiger partial charge in [-0.25, -0.2) is 0 Å². The van der Waals surface area contributed by atoms with Crippen LogP contribution in [-0.2, 0) is 4.79 Å². The van der Waals surface area contributed by atoms with Crippen molar-refractivity contribution in [2.24, 2.45) is 0 Å². The topological polar surface area (TPSA) is 81.0 Å². The van der Waals surface area contributed by atoms with E-state index in [0.717, 1.165) is 4.90 Å². The van der Waals surface area contributed by atoms with Gasteiger partial charge in [0, 0.05) is 7.05 Å². The summed E-state index contributed by atoms with van der Waals surface area (Å²) in [5.41, 5.74) is -0.898. The smallest absolute Gasteiger partial charge is 0.389 e. The quantitative estimate of drug-likeness (QED) is 0.331. The maximum Gasteiger partial charge on any atom is 0.516 e. The third kappa shape index (κ3) is 2.44. The molecule has 0 saturated carbocycles. The van der Waals surface area contributed by atoms with E-state index < -0.39 is 14.5 Å². The molecule has 0 aliphatic heterocycles. The highest BCUT2D eigenvalue weighted by molar-refractivity contribution is 6.58. The van der Waals surface area contributed by atoms with Gasteiger partial charge in [0.1, 0.15) is 0 Å². The first-order valence-corrected chi connectivity index (χ1v) is 4.66. The second kappa shape index (κ2) is 3.11. The summed E-state index contributed by atoms with van der Waals surface area (Å²) in [4.78, 5) is 36.9. The molecule has 0 radical (unpaired) electrons. The molecule has 3 N–H and O–H groups in total. The molecule has 6 heteroatoms. The van der Waals surface area contributed by atoms with Crippen LogP contribution in [0.2, 0.25) is 0 Å². The van der Waals surface area contributed by atoms with E-state index in [2.05, 4.69) is 0 Å². The number of hydrogen-bond acceptors (Lipinski definition) is 4. The minimum absolute atomic E-state index is 0.426. The van der Waals surface area contributed by atoms with Gasteiger partial charge in [-0.1, -0.05) is 0 Å². The molecule has 0 aromatic heterocycles. The van der Waals surface area contributed by atoms with E-state index in [4.69, 9.17) is 14.4 Å². The van der Waals surface area contributed by atoms with E-state index >= 15 is 0 Å². The van der Waals surface area contributed by atoms with Crippen molar-refractivity contribution in [1.82, 2.24) is 4.90 Å². The molecule has 0 aromatic rings. The Balaban J connectivity index is 4.07. The number of carbonyl (C=O) groups is 1. The number of hydrogen-bond donors (Lipinski definition) is 3. The molecule has 0 bridgehead atoms. The van der Waals surface area contributed by atoms with Crippen molar-refractivity contribution in [1.29, 1.82) is 0 Å². The van der Waals surface area contributed by atoms with Crippen LogP contribution in [0, 0.1) is 0 Å². The van der Waals surface area contributed by atoms with Crippen LogP contribution in [0.15, 0.2) is 0 Å². The zero-order valence-electron chi connectivity index (χ0n) is 5.85. The fraction of sp³-hybridized carbons (Fsp3) is 0.750. The maximum atomic E-state index is 10.0. The normalized spacial score (nSPS) is 14.5. The van der Waals surface area contributed by atoms with Crippen LogP contribution in [0.5, 0.6) is 0 Å². The molecule has 0 heterocycles. The van der Waals surface area contributed by atoms with Gasteiger partial charge < -0.3 is 19.3 Å². The van der Waals surface area contributed by atoms with Crippen LogP contribution < -0.4 is 0 Å². The zero-order valence-corrected chi connectivity index (χ0v) is 6.85. The lowest BCUT2D eigenvalue weighted by molar-refractivity contribution is -0.118. The Kier molecular flexibility index (Phi) is 2.97. The summed E-state index contributed by atoms with van der Waals surface area (Å²) in [6.45, 7) is 1.36. The molecular formula is C4H11NO4Si. The fourth-order valence-electron chi connectivity index (χ4n) is 0.364. The zero-order chi connectivity index (χ0) is 8.36. The lowest BCUT2D eigenvalue weighted by Crippen LogP contribution is -2.54. The minimum atomic E-state index is -4.15. The number of carbonyl (C=O) groups excluding carboxylic acids is 1. The van der Waals surface area contributed by atoms with E-state index in [9.17, 15) is 4.79 Å². The molecule has 0 aliphatic carbocycles. The Bertz CT molecular complexity index is 123. The molecule has 0 fully saturated rings. The van der Waals surface area contributed by atoms with E-state index in [1.807, 2.05) is 0 Å². The van der Waals surface area contributed by atoms with Gasteiger partial charge >= 0.3 is 8.80 Å². The summed E-state index contributed by atoms with van der Waals surface area (Å²) in [5, 5.41) is 0. The molecule has 1 atom stereocenters. The Labute approximate surface area is 59.9 Å². The first-order chi connectivity index (χ1) is 4.39. The monoisotopic (exact) mass is 165 g/mol. The number of nitrogens with zero attached hydrogens (tertiary/aromatic N) is 1. The Morgan fingerprint density at radius 1 is 1.50 bits per heavy atom. The third-order valence-electron chi connectivity index (χ3n) is 1.34. The summed E-state index contributed by atoms with van der Waals surface area (Å²) in [6.07, 6.45) is 0.426. The standard InChI is InChI=1S/C4H11NO4Si/c1-4(5(2)3-6)10(7,8)9/h3-4,7-9H,1-2H3. The molecule has 0 spiro atoms. The van der Waals surface area contributed by atoms with Gasteiger partial charge in [-0.2, -0.15) is 0 Å². The number of amides is 1. The largest absolute Gasteiger partial charge is 0.516 e. The van der Waals surface area contributed by atoms with Crippen LogP contribution >= 0.6 is 0 Å². The highest BCUT2D eigenvalue weighted by Crippen LogP contribution is 2.00. The summed E-state index contributed by atoms with van der Waals surface area (Å²) >= 11 is 0. The van der Waals surface area contributed by atoms with Gasteiger partial charge in [-0.15, -0.1) is 0 Å². The van der Waals surface area contributed by atoms with Crippen molar-refractivity contribution < 1.29 is 19.2 Å². The second-order valence-electron chi connectivity index (χ2n) is 2.13. The van der Waals surface area contributed by atoms with Crippen molar-refractivity contribution in [3.8, 4) is 0 Å². The molecule has 0 saturated heterocycles. The molecule has 1 amide bonds. The van der Waals surface area contributed by atoms with E-state index in [1.165, 1.54) is 14.0 Å². The lowest BCUT2D eigenvalue weighted by Gasteiger charge is -2.24. The summed E-state index contributed by atoms with van der Waals surface area (Å²) in [5.74, 6) is 0. The van der Waals surface area contributed by atoms with Crippen molar-refractivity contribution in [3.05, 3.63) is 0 Å². The first kappa shape index (κ1) is 9.57. The third-order valence-corrected chi connectivity index (χ3v) is 2.87. The molecule has 0 aliphatic rings. The van der Waals surface area contributed by atoms with Gasteiger partial charge in [-0.3, -0.25) is 4.79 Å². The van der Waals surface area contributed by atoms with Crippen LogP contribution in [0.3, 0.4) is 0 Å². The highest BCUT2D eigenvalue weighted by atomic mass is 28.4. The molecule has 0 rings (SSSR count). The summed E-state index contributed by atoms with van der Waals surface area (Å²) in [7, 11) is -2.79. The maximum absolute atomic E-state index is 10.0. The SMILES string of the molecule is CC(N(C)C=O)[Si](O)(O)O. The van der Waals surface area contributed by atoms with Crippen LogP contribution in [-0.4, -0.2) is 47.2 Å². The van der Waals surface area contributed by atoms with Crippen LogP contribution in [0.1, 0.15) is 6.92 Å². The molecule has 1 unspecified atom stereocenters. The molecule has 0 aromatic carbocycles. The van der Waals surface area contributed by atoms with E-state index in [1.54, 1.807) is 0 Å². The highest BCUT2D eigenvalue weighted by Gasteiger charge is 2.38. The minimum Gasteiger partial charge on any atom is -0.389 e. The molecule has 10 heavy (non-hydrogen) atoms. The predicted octanol–water partition coefficient (Wildman–Crippen LogP) is -2.08. The average molecular weight is 165 g/mol. The summed E-state index contributed by atoms with van der Waals surface area (Å²) in [6, 6.07) is 0. The Hall–Kier alpha value is -0.433. The molecular weight excluding hydrogens is 154 g/mol. The van der Waals surface area contributed by atoms with Gasteiger partial charge in [0.25, 0.3) is 0 Å². The van der Waals surface area contributed by atoms with Gasteiger partial charge in [-0.05, 0) is 6.92 Å². The Morgan fingerprint density at radius 3 is 2.00 bits per heavy atom. The first-order valence-electron chi connectivity index (χ1n) is 2.74. The van der Waals surface area contributed by atoms with E-state index in [-0.39, 0.29) is 0 Å².